The minimum Gasteiger partial charge on any atom is -0.378 e. The minimum absolute atomic E-state index is 0.210. The molecular weight excluding hydrogens is 473 g/mol. The molecule has 0 unspecified atom stereocenters. The first-order valence-electron chi connectivity index (χ1n) is 12.1. The molecule has 0 radical (unpaired) electrons. The Bertz CT molecular complexity index is 1350. The van der Waals surface area contributed by atoms with Crippen LogP contribution in [0.3, 0.4) is 0 Å². The molecule has 6 nitrogen and oxygen atoms in total. The van der Waals surface area contributed by atoms with Crippen LogP contribution in [0.15, 0.2) is 91.3 Å². The van der Waals surface area contributed by atoms with E-state index in [1.54, 1.807) is 18.3 Å². The average molecular weight is 500 g/mol. The lowest BCUT2D eigenvalue weighted by molar-refractivity contribution is 0.122. The van der Waals surface area contributed by atoms with Gasteiger partial charge in [0.25, 0.3) is 0 Å². The lowest BCUT2D eigenvalue weighted by atomic mass is 10.0. The number of aromatic nitrogens is 2. The smallest absolute Gasteiger partial charge is 0.174 e. The number of morpholine rings is 1. The zero-order valence-electron chi connectivity index (χ0n) is 19.6. The van der Waals surface area contributed by atoms with Crippen LogP contribution in [0.5, 0.6) is 0 Å². The standard InChI is InChI=1S/C28H26FN5OS/c29-22-6-1-2-8-24(22)33-15-5-9-25(33)27-26(23-7-3-4-14-30-23)31-28(36)34(27)21-12-10-20(11-13-21)32-16-18-35-19-17-32/h1-15,26-27H,16-19H2,(H,31,36)/t26-,27-/m1/s1. The summed E-state index contributed by atoms with van der Waals surface area (Å²) in [5.41, 5.74) is 4.42. The van der Waals surface area contributed by atoms with E-state index < -0.39 is 0 Å². The number of nitrogens with one attached hydrogen (secondary N) is 1. The van der Waals surface area contributed by atoms with Crippen LogP contribution in [0.1, 0.15) is 23.5 Å². The second-order valence-corrected chi connectivity index (χ2v) is 9.25. The summed E-state index contributed by atoms with van der Waals surface area (Å²) in [7, 11) is 0. The summed E-state index contributed by atoms with van der Waals surface area (Å²) < 4.78 is 22.3. The number of pyridine rings is 1. The van der Waals surface area contributed by atoms with Crippen molar-refractivity contribution < 1.29 is 9.13 Å². The van der Waals surface area contributed by atoms with E-state index in [0.29, 0.717) is 10.8 Å². The van der Waals surface area contributed by atoms with E-state index in [0.717, 1.165) is 49.1 Å². The zero-order valence-corrected chi connectivity index (χ0v) is 20.4. The van der Waals surface area contributed by atoms with Crippen LogP contribution < -0.4 is 15.1 Å². The van der Waals surface area contributed by atoms with Crippen LogP contribution in [-0.2, 0) is 4.74 Å². The monoisotopic (exact) mass is 499 g/mol. The normalized spacial score (nSPS) is 20.0. The van der Waals surface area contributed by atoms with Gasteiger partial charge in [-0.25, -0.2) is 4.39 Å². The van der Waals surface area contributed by atoms with Crippen molar-refractivity contribution in [3.05, 3.63) is 108 Å². The van der Waals surface area contributed by atoms with E-state index in [1.807, 2.05) is 47.2 Å². The molecule has 4 aromatic rings. The van der Waals surface area contributed by atoms with Crippen molar-refractivity contribution in [3.8, 4) is 5.69 Å². The fraction of sp³-hybridized carbons (Fsp3) is 0.214. The van der Waals surface area contributed by atoms with Gasteiger partial charge in [-0.15, -0.1) is 0 Å². The van der Waals surface area contributed by atoms with Crippen molar-refractivity contribution in [3.63, 3.8) is 0 Å². The molecule has 2 fully saturated rings. The Labute approximate surface area is 214 Å². The number of nitrogens with zero attached hydrogens (tertiary/aromatic N) is 4. The predicted octanol–water partition coefficient (Wildman–Crippen LogP) is 5.03. The van der Waals surface area contributed by atoms with Gasteiger partial charge in [0.1, 0.15) is 11.9 Å². The summed E-state index contributed by atoms with van der Waals surface area (Å²) in [6.07, 6.45) is 3.68. The molecule has 2 aliphatic rings. The van der Waals surface area contributed by atoms with Crippen molar-refractivity contribution in [2.24, 2.45) is 0 Å². The molecule has 182 valence electrons. The molecule has 2 atom stereocenters. The molecule has 0 amide bonds. The average Bonchev–Trinajstić information content (AvgIpc) is 3.54. The number of hydrogen-bond donors (Lipinski definition) is 1. The molecule has 36 heavy (non-hydrogen) atoms. The first-order chi connectivity index (χ1) is 17.7. The van der Waals surface area contributed by atoms with Crippen LogP contribution in [0.25, 0.3) is 5.69 Å². The van der Waals surface area contributed by atoms with Gasteiger partial charge < -0.3 is 24.4 Å². The molecule has 2 aromatic carbocycles. The molecular formula is C28H26FN5OS. The number of thiocarbonyl (C=S) groups is 1. The maximum Gasteiger partial charge on any atom is 0.174 e. The zero-order chi connectivity index (χ0) is 24.5. The Morgan fingerprint density at radius 3 is 2.39 bits per heavy atom. The molecule has 4 heterocycles. The lowest BCUT2D eigenvalue weighted by Crippen LogP contribution is -2.36. The number of para-hydroxylation sites is 1. The number of rotatable bonds is 5. The number of anilines is 2. The van der Waals surface area contributed by atoms with Crippen LogP contribution in [0.2, 0.25) is 0 Å². The summed E-state index contributed by atoms with van der Waals surface area (Å²) >= 11 is 5.87. The number of halogens is 1. The van der Waals surface area contributed by atoms with E-state index in [2.05, 4.69) is 44.4 Å². The quantitative estimate of drug-likeness (QED) is 0.389. The lowest BCUT2D eigenvalue weighted by Gasteiger charge is -2.31. The Hall–Kier alpha value is -3.75. The number of ether oxygens (including phenoxy) is 1. The van der Waals surface area contributed by atoms with Crippen LogP contribution in [0, 0.1) is 5.82 Å². The first kappa shape index (κ1) is 22.7. The Balaban J connectivity index is 1.43. The number of benzene rings is 2. The highest BCUT2D eigenvalue weighted by atomic mass is 32.1. The summed E-state index contributed by atoms with van der Waals surface area (Å²) in [6.45, 7) is 3.23. The number of hydrogen-bond acceptors (Lipinski definition) is 4. The third kappa shape index (κ3) is 4.12. The van der Waals surface area contributed by atoms with Crippen molar-refractivity contribution in [1.29, 1.82) is 0 Å². The SMILES string of the molecule is Fc1ccccc1-n1cccc1[C@@H]1[C@@H](c2ccccn2)NC(=S)N1c1ccc(N2CCOCC2)cc1. The van der Waals surface area contributed by atoms with E-state index >= 15 is 0 Å². The van der Waals surface area contributed by atoms with Crippen LogP contribution >= 0.6 is 12.2 Å². The van der Waals surface area contributed by atoms with Gasteiger partial charge >= 0.3 is 0 Å². The van der Waals surface area contributed by atoms with Gasteiger partial charge in [-0.1, -0.05) is 18.2 Å². The molecule has 0 aliphatic carbocycles. The fourth-order valence-electron chi connectivity index (χ4n) is 5.08. The molecule has 8 heteroatoms. The molecule has 0 spiro atoms. The highest BCUT2D eigenvalue weighted by Gasteiger charge is 2.42. The molecule has 2 aliphatic heterocycles. The Morgan fingerprint density at radius 2 is 1.64 bits per heavy atom. The van der Waals surface area contributed by atoms with Gasteiger partial charge in [-0.05, 0) is 72.9 Å². The molecule has 2 aromatic heterocycles. The molecule has 0 saturated carbocycles. The Morgan fingerprint density at radius 1 is 0.889 bits per heavy atom. The summed E-state index contributed by atoms with van der Waals surface area (Å²) in [4.78, 5) is 9.07. The second kappa shape index (κ2) is 9.72. The van der Waals surface area contributed by atoms with Crippen molar-refractivity contribution in [1.82, 2.24) is 14.9 Å². The van der Waals surface area contributed by atoms with Crippen LogP contribution in [-0.4, -0.2) is 41.0 Å². The largest absolute Gasteiger partial charge is 0.378 e. The Kier molecular flexibility index (Phi) is 6.13. The third-order valence-corrected chi connectivity index (χ3v) is 7.11. The van der Waals surface area contributed by atoms with Gasteiger partial charge in [0.05, 0.1) is 30.6 Å². The third-order valence-electron chi connectivity index (χ3n) is 6.80. The minimum atomic E-state index is -0.278. The highest BCUT2D eigenvalue weighted by Crippen LogP contribution is 2.42. The maximum atomic E-state index is 14.9. The molecule has 1 N–H and O–H groups in total. The molecule has 6 rings (SSSR count). The van der Waals surface area contributed by atoms with Crippen molar-refractivity contribution >= 4 is 28.7 Å². The summed E-state index contributed by atoms with van der Waals surface area (Å²) in [5.74, 6) is -0.278. The summed E-state index contributed by atoms with van der Waals surface area (Å²) in [5, 5.41) is 4.10. The van der Waals surface area contributed by atoms with Gasteiger partial charge in [-0.2, -0.15) is 0 Å². The van der Waals surface area contributed by atoms with Crippen molar-refractivity contribution in [2.75, 3.05) is 36.1 Å². The van der Waals surface area contributed by atoms with E-state index in [9.17, 15) is 4.39 Å². The van der Waals surface area contributed by atoms with E-state index in [1.165, 1.54) is 6.07 Å². The summed E-state index contributed by atoms with van der Waals surface area (Å²) in [6, 6.07) is 24.7. The first-order valence-corrected chi connectivity index (χ1v) is 12.5. The van der Waals surface area contributed by atoms with Crippen molar-refractivity contribution in [2.45, 2.75) is 12.1 Å². The van der Waals surface area contributed by atoms with E-state index in [-0.39, 0.29) is 17.9 Å². The predicted molar refractivity (Wildman–Crippen MR) is 143 cm³/mol. The highest BCUT2D eigenvalue weighted by molar-refractivity contribution is 7.80. The van der Waals surface area contributed by atoms with Gasteiger partial charge in [0.2, 0.25) is 0 Å². The fourth-order valence-corrected chi connectivity index (χ4v) is 5.43. The van der Waals surface area contributed by atoms with Gasteiger partial charge in [-0.3, -0.25) is 4.98 Å². The molecule has 0 bridgehead atoms. The van der Waals surface area contributed by atoms with E-state index in [4.69, 9.17) is 17.0 Å². The van der Waals surface area contributed by atoms with Gasteiger partial charge in [0.15, 0.2) is 5.11 Å². The van der Waals surface area contributed by atoms with Gasteiger partial charge in [0, 0.05) is 42.6 Å². The molecule has 2 saturated heterocycles. The maximum absolute atomic E-state index is 14.9. The topological polar surface area (TPSA) is 45.6 Å². The second-order valence-electron chi connectivity index (χ2n) is 8.87. The van der Waals surface area contributed by atoms with Crippen LogP contribution in [0.4, 0.5) is 15.8 Å².